The van der Waals surface area contributed by atoms with Crippen LogP contribution in [0.1, 0.15) is 27.8 Å². The summed E-state index contributed by atoms with van der Waals surface area (Å²) in [7, 11) is 1.61. The minimum absolute atomic E-state index is 0.0205. The van der Waals surface area contributed by atoms with Crippen LogP contribution < -0.4 is 16.9 Å². The summed E-state index contributed by atoms with van der Waals surface area (Å²) in [5.41, 5.74) is 20.8. The molecule has 0 aliphatic heterocycles. The quantitative estimate of drug-likeness (QED) is 0.0394. The number of hydrogen-bond acceptors (Lipinski definition) is 10. The van der Waals surface area contributed by atoms with E-state index >= 15 is 0 Å². The van der Waals surface area contributed by atoms with Crippen LogP contribution in [-0.4, -0.2) is 27.5 Å². The van der Waals surface area contributed by atoms with Crippen molar-refractivity contribution in [1.82, 2.24) is 0 Å². The van der Waals surface area contributed by atoms with Gasteiger partial charge in [0.15, 0.2) is 4.98 Å². The first-order chi connectivity index (χ1) is 23.4. The number of aliphatic hydroxyl groups is 4. The fourth-order valence-electron chi connectivity index (χ4n) is 3.88. The van der Waals surface area contributed by atoms with Gasteiger partial charge in [-0.05, 0) is 30.3 Å². The van der Waals surface area contributed by atoms with E-state index in [1.54, 1.807) is 55.6 Å². The number of rotatable bonds is 9. The Kier molecular flexibility index (Phi) is 18.3. The molecule has 0 fully saturated rings. The third-order valence-corrected chi connectivity index (χ3v) is 6.53. The molecular weight excluding hydrogens is 610 g/mol. The van der Waals surface area contributed by atoms with Crippen molar-refractivity contribution in [3.63, 3.8) is 0 Å². The van der Waals surface area contributed by atoms with Crippen LogP contribution >= 0.6 is 0 Å². The molecule has 0 aliphatic carbocycles. The largest absolute Gasteiger partial charge is 0.398 e. The van der Waals surface area contributed by atoms with Crippen molar-refractivity contribution in [1.29, 1.82) is 5.39 Å². The molecule has 0 bridgehead atoms. The topological polar surface area (TPSA) is 207 Å². The predicted octanol–water partition coefficient (Wildman–Crippen LogP) is 6.62. The molecule has 0 atom stereocenters. The second-order valence-corrected chi connectivity index (χ2v) is 9.79. The Morgan fingerprint density at radius 1 is 0.604 bits per heavy atom. The Hall–Kier alpha value is -5.68. The van der Waals surface area contributed by atoms with Crippen LogP contribution in [0.2, 0.25) is 0 Å². The Morgan fingerprint density at radius 2 is 1.04 bits per heavy atom. The van der Waals surface area contributed by atoms with Crippen molar-refractivity contribution in [2.75, 3.05) is 24.0 Å². The Labute approximate surface area is 280 Å². The molecule has 0 spiro atoms. The SMILES string of the molecule is COCc1ccccc1[N+]#N.Nc1ccccc1CO.Nc1ccccc1CO.OCc1ccccc1N=NNc1ccccc1CO. The van der Waals surface area contributed by atoms with Gasteiger partial charge in [0.1, 0.15) is 0 Å². The lowest BCUT2D eigenvalue weighted by molar-refractivity contribution is 0.185. The van der Waals surface area contributed by atoms with Crippen LogP contribution in [0.5, 0.6) is 0 Å². The van der Waals surface area contributed by atoms with Gasteiger partial charge in [-0.25, -0.2) is 0 Å². The molecular formula is C36H42N7O5+. The molecule has 0 aliphatic rings. The summed E-state index contributed by atoms with van der Waals surface area (Å²) in [4.78, 5) is 3.11. The minimum atomic E-state index is -0.0809. The van der Waals surface area contributed by atoms with Crippen LogP contribution in [0, 0.1) is 5.39 Å². The van der Waals surface area contributed by atoms with Gasteiger partial charge in [-0.3, -0.25) is 5.43 Å². The first-order valence-electron chi connectivity index (χ1n) is 14.8. The van der Waals surface area contributed by atoms with Crippen molar-refractivity contribution in [3.05, 3.63) is 154 Å². The molecule has 48 heavy (non-hydrogen) atoms. The van der Waals surface area contributed by atoms with E-state index in [1.165, 1.54) is 0 Å². The van der Waals surface area contributed by atoms with E-state index in [2.05, 4.69) is 20.7 Å². The van der Waals surface area contributed by atoms with Gasteiger partial charge in [0.25, 0.3) is 0 Å². The van der Waals surface area contributed by atoms with Crippen molar-refractivity contribution in [2.24, 2.45) is 10.3 Å². The summed E-state index contributed by atoms with van der Waals surface area (Å²) in [6.07, 6.45) is 0. The van der Waals surface area contributed by atoms with Gasteiger partial charge >= 0.3 is 5.69 Å². The second kappa shape index (κ2) is 22.8. The van der Waals surface area contributed by atoms with E-state index in [0.717, 1.165) is 22.3 Å². The highest BCUT2D eigenvalue weighted by atomic mass is 16.5. The zero-order valence-corrected chi connectivity index (χ0v) is 26.7. The smallest absolute Gasteiger partial charge is 0.390 e. The van der Waals surface area contributed by atoms with Gasteiger partial charge in [0, 0.05) is 46.8 Å². The fraction of sp³-hybridized carbons (Fsp3) is 0.167. The molecule has 0 radical (unpaired) electrons. The molecule has 250 valence electrons. The molecule has 0 saturated heterocycles. The lowest BCUT2D eigenvalue weighted by atomic mass is 10.2. The number of aliphatic hydroxyl groups excluding tert-OH is 4. The molecule has 12 nitrogen and oxygen atoms in total. The van der Waals surface area contributed by atoms with E-state index in [-0.39, 0.29) is 26.4 Å². The van der Waals surface area contributed by atoms with E-state index in [4.69, 9.17) is 36.9 Å². The average molecular weight is 653 g/mol. The summed E-state index contributed by atoms with van der Waals surface area (Å²) >= 11 is 0. The number of nitrogens with zero attached hydrogens (tertiary/aromatic N) is 4. The number of nitrogen functional groups attached to an aromatic ring is 2. The summed E-state index contributed by atoms with van der Waals surface area (Å²) < 4.78 is 4.90. The van der Waals surface area contributed by atoms with Gasteiger partial charge in [-0.15, -0.1) is 5.11 Å². The maximum Gasteiger partial charge on any atom is 0.390 e. The number of nitrogens with two attached hydrogens (primary N) is 2. The number of nitrogens with one attached hydrogen (secondary N) is 1. The number of benzene rings is 5. The Morgan fingerprint density at radius 3 is 1.52 bits per heavy atom. The maximum atomic E-state index is 9.17. The van der Waals surface area contributed by atoms with Crippen LogP contribution in [0.25, 0.3) is 4.98 Å². The van der Waals surface area contributed by atoms with Crippen LogP contribution in [0.4, 0.5) is 28.4 Å². The first-order valence-corrected chi connectivity index (χ1v) is 14.8. The van der Waals surface area contributed by atoms with Crippen LogP contribution in [0.15, 0.2) is 132 Å². The maximum absolute atomic E-state index is 9.17. The van der Waals surface area contributed by atoms with E-state index in [1.807, 2.05) is 72.8 Å². The molecule has 5 rings (SSSR count). The normalized spacial score (nSPS) is 9.92. The predicted molar refractivity (Wildman–Crippen MR) is 188 cm³/mol. The fourth-order valence-corrected chi connectivity index (χ4v) is 3.88. The highest BCUT2D eigenvalue weighted by molar-refractivity contribution is 5.52. The van der Waals surface area contributed by atoms with Crippen molar-refractivity contribution < 1.29 is 25.2 Å². The van der Waals surface area contributed by atoms with Gasteiger partial charge in [-0.2, -0.15) is 0 Å². The molecule has 0 amide bonds. The van der Waals surface area contributed by atoms with Gasteiger partial charge in [0.2, 0.25) is 5.39 Å². The molecule has 0 saturated carbocycles. The summed E-state index contributed by atoms with van der Waals surface area (Å²) in [6, 6.07) is 36.3. The number of anilines is 3. The van der Waals surface area contributed by atoms with Crippen molar-refractivity contribution in [2.45, 2.75) is 33.0 Å². The summed E-state index contributed by atoms with van der Waals surface area (Å²) in [6.45, 7) is 0.369. The number of methoxy groups -OCH3 is 1. The number of diazo groups is 1. The molecule has 9 N–H and O–H groups in total. The Balaban J connectivity index is 0.000000237. The monoisotopic (exact) mass is 652 g/mol. The lowest BCUT2D eigenvalue weighted by Crippen LogP contribution is -1.93. The highest BCUT2D eigenvalue weighted by Gasteiger charge is 2.10. The summed E-state index contributed by atoms with van der Waals surface area (Å²) in [5.74, 6) is 0. The molecule has 12 heteroatoms. The van der Waals surface area contributed by atoms with Gasteiger partial charge < -0.3 is 36.6 Å². The van der Waals surface area contributed by atoms with Gasteiger partial charge in [0.05, 0.1) is 50.0 Å². The Bertz CT molecular complexity index is 1680. The number of ether oxygens (including phenoxy) is 1. The van der Waals surface area contributed by atoms with Crippen LogP contribution in [0.3, 0.4) is 0 Å². The van der Waals surface area contributed by atoms with Crippen LogP contribution in [-0.2, 0) is 37.8 Å². The zero-order valence-electron chi connectivity index (χ0n) is 26.7. The first kappa shape index (κ1) is 38.5. The third-order valence-electron chi connectivity index (χ3n) is 6.53. The summed E-state index contributed by atoms with van der Waals surface area (Å²) in [5, 5.41) is 52.0. The van der Waals surface area contributed by atoms with Gasteiger partial charge in [-0.1, -0.05) is 90.2 Å². The lowest BCUT2D eigenvalue weighted by Gasteiger charge is -2.05. The average Bonchev–Trinajstić information content (AvgIpc) is 3.13. The van der Waals surface area contributed by atoms with E-state index in [0.29, 0.717) is 40.6 Å². The third kappa shape index (κ3) is 13.4. The molecule has 0 aromatic heterocycles. The standard InChI is InChI=1S/C14H15N3O2.C8H9N2O.2C7H9NO/c18-9-11-5-1-3-7-13(11)15-17-16-14-8-4-2-6-12(14)10-19;1-11-6-7-4-2-3-5-8(7)10-9;2*8-7-4-2-1-3-6(7)5-9/h1-8,18-19H,9-10H2,(H,15,16);2-5H,6H2,1H3;2*1-4,9H,5,8H2/q;+1;;. The second-order valence-electron chi connectivity index (χ2n) is 9.79. The minimum Gasteiger partial charge on any atom is -0.398 e. The molecule has 5 aromatic rings. The molecule has 5 aromatic carbocycles. The zero-order chi connectivity index (χ0) is 35.0. The number of para-hydroxylation sites is 3. The molecule has 0 unspecified atom stereocenters. The molecule has 0 heterocycles. The van der Waals surface area contributed by atoms with E-state index in [9.17, 15) is 5.11 Å². The van der Waals surface area contributed by atoms with Crippen molar-refractivity contribution >= 4 is 28.4 Å². The van der Waals surface area contributed by atoms with E-state index < -0.39 is 0 Å². The number of hydrogen-bond donors (Lipinski definition) is 7. The highest BCUT2D eigenvalue weighted by Crippen LogP contribution is 2.21. The van der Waals surface area contributed by atoms with Crippen molar-refractivity contribution in [3.8, 4) is 0 Å².